The molecule has 1 saturated heterocycles. The number of fused-ring (bicyclic) bond motifs is 1. The van der Waals surface area contributed by atoms with Crippen LogP contribution in [0, 0.1) is 11.8 Å². The second-order valence-corrected chi connectivity index (χ2v) is 8.87. The van der Waals surface area contributed by atoms with Crippen LogP contribution in [0.4, 0.5) is 0 Å². The molecule has 3 rings (SSSR count). The van der Waals surface area contributed by atoms with Crippen molar-refractivity contribution in [2.24, 2.45) is 11.8 Å². The number of carbonyl (C=O) groups excluding carboxylic acids is 1. The summed E-state index contributed by atoms with van der Waals surface area (Å²) in [5.41, 5.74) is 0. The van der Waals surface area contributed by atoms with Gasteiger partial charge in [-0.05, 0) is 50.3 Å². The summed E-state index contributed by atoms with van der Waals surface area (Å²) >= 11 is 0. The Hall–Kier alpha value is -1.38. The lowest BCUT2D eigenvalue weighted by Crippen LogP contribution is -2.48. The molecule has 1 amide bonds. The van der Waals surface area contributed by atoms with Gasteiger partial charge in [0.2, 0.25) is 11.0 Å². The highest BCUT2D eigenvalue weighted by atomic mass is 32.2. The molecule has 0 aromatic carbocycles. The zero-order valence-electron chi connectivity index (χ0n) is 14.8. The van der Waals surface area contributed by atoms with Crippen molar-refractivity contribution in [3.8, 4) is 0 Å². The Balaban J connectivity index is 1.65. The Bertz CT molecular complexity index is 689. The first-order valence-corrected chi connectivity index (χ1v) is 10.4. The molecule has 2 aliphatic rings. The minimum atomic E-state index is -3.58. The lowest BCUT2D eigenvalue weighted by atomic mass is 9.97. The van der Waals surface area contributed by atoms with Crippen molar-refractivity contribution < 1.29 is 17.6 Å². The third-order valence-corrected chi connectivity index (χ3v) is 7.20. The van der Waals surface area contributed by atoms with Crippen LogP contribution in [0.2, 0.25) is 0 Å². The van der Waals surface area contributed by atoms with E-state index in [9.17, 15) is 13.2 Å². The van der Waals surface area contributed by atoms with E-state index in [0.717, 1.165) is 25.7 Å². The van der Waals surface area contributed by atoms with Crippen molar-refractivity contribution >= 4 is 15.9 Å². The number of hydrogen-bond acceptors (Lipinski definition) is 5. The quantitative estimate of drug-likeness (QED) is 0.753. The van der Waals surface area contributed by atoms with Crippen molar-refractivity contribution in [3.63, 3.8) is 0 Å². The van der Waals surface area contributed by atoms with Crippen molar-refractivity contribution in [1.82, 2.24) is 14.9 Å². The molecule has 0 unspecified atom stereocenters. The summed E-state index contributed by atoms with van der Waals surface area (Å²) in [4.78, 5) is 12.5. The maximum Gasteiger partial charge on any atom is 0.276 e. The van der Waals surface area contributed by atoms with Crippen LogP contribution in [0.5, 0.6) is 0 Å². The maximum atomic E-state index is 12.6. The first-order valence-electron chi connectivity index (χ1n) is 8.98. The Labute approximate surface area is 149 Å². The molecule has 2 heterocycles. The molecule has 1 aliphatic heterocycles. The van der Waals surface area contributed by atoms with Gasteiger partial charge in [-0.1, -0.05) is 13.3 Å². The molecule has 2 fully saturated rings. The molecule has 2 N–H and O–H groups in total. The van der Waals surface area contributed by atoms with Gasteiger partial charge in [0.05, 0.1) is 12.3 Å². The van der Waals surface area contributed by atoms with Crippen LogP contribution in [-0.2, 0) is 14.8 Å². The summed E-state index contributed by atoms with van der Waals surface area (Å²) in [5.74, 6) is 0.490. The van der Waals surface area contributed by atoms with E-state index in [1.807, 2.05) is 0 Å². The van der Waals surface area contributed by atoms with Gasteiger partial charge in [0.15, 0.2) is 0 Å². The van der Waals surface area contributed by atoms with Crippen LogP contribution in [-0.4, -0.2) is 50.9 Å². The molecular weight excluding hydrogens is 342 g/mol. The van der Waals surface area contributed by atoms with Crippen molar-refractivity contribution in [3.05, 3.63) is 18.4 Å². The fourth-order valence-electron chi connectivity index (χ4n) is 4.12. The van der Waals surface area contributed by atoms with Gasteiger partial charge in [-0.2, -0.15) is 4.31 Å². The Kier molecular flexibility index (Phi) is 5.50. The van der Waals surface area contributed by atoms with Gasteiger partial charge in [-0.25, -0.2) is 8.42 Å². The maximum absolute atomic E-state index is 12.6. The molecular formula is C17H27N3O4S. The zero-order chi connectivity index (χ0) is 18.0. The molecule has 140 valence electrons. The first-order chi connectivity index (χ1) is 12.0. The molecule has 1 aromatic heterocycles. The Morgan fingerprint density at radius 2 is 2.20 bits per heavy atom. The van der Waals surface area contributed by atoms with Gasteiger partial charge >= 0.3 is 0 Å². The second kappa shape index (κ2) is 7.47. The number of nitrogens with one attached hydrogen (secondary N) is 2. The van der Waals surface area contributed by atoms with Gasteiger partial charge in [0, 0.05) is 19.1 Å². The van der Waals surface area contributed by atoms with Crippen LogP contribution < -0.4 is 10.6 Å². The zero-order valence-corrected chi connectivity index (χ0v) is 15.6. The average molecular weight is 369 g/mol. The Morgan fingerprint density at radius 1 is 1.40 bits per heavy atom. The fraction of sp³-hybridized carbons (Fsp3) is 0.706. The van der Waals surface area contributed by atoms with E-state index in [2.05, 4.69) is 17.6 Å². The minimum absolute atomic E-state index is 0.00810. The van der Waals surface area contributed by atoms with E-state index in [1.54, 1.807) is 13.1 Å². The first kappa shape index (κ1) is 18.4. The number of furan rings is 1. The van der Waals surface area contributed by atoms with Crippen molar-refractivity contribution in [2.45, 2.75) is 49.8 Å². The van der Waals surface area contributed by atoms with Gasteiger partial charge in [0.25, 0.3) is 10.0 Å². The van der Waals surface area contributed by atoms with Gasteiger partial charge in [-0.15, -0.1) is 0 Å². The standard InChI is InChI=1S/C17H27N3O4S/c1-3-5-15(18-2)17(21)19-14-8-7-12-10-20(11-13(12)14)25(22,23)16-6-4-9-24-16/h4,6,9,12-15,18H,3,5,7-8,10-11H2,1-2H3,(H,19,21)/t12-,13+,14+,15+/m1/s1. The van der Waals surface area contributed by atoms with E-state index in [0.29, 0.717) is 19.0 Å². The van der Waals surface area contributed by atoms with Crippen LogP contribution in [0.1, 0.15) is 32.6 Å². The number of carbonyl (C=O) groups is 1. The summed E-state index contributed by atoms with van der Waals surface area (Å²) in [6, 6.07) is 2.92. The minimum Gasteiger partial charge on any atom is -0.452 e. The number of nitrogens with zero attached hydrogens (tertiary/aromatic N) is 1. The third kappa shape index (κ3) is 3.61. The van der Waals surface area contributed by atoms with Crippen LogP contribution >= 0.6 is 0 Å². The predicted molar refractivity (Wildman–Crippen MR) is 93.4 cm³/mol. The fourth-order valence-corrected chi connectivity index (χ4v) is 5.55. The lowest BCUT2D eigenvalue weighted by molar-refractivity contribution is -0.124. The Morgan fingerprint density at radius 3 is 2.84 bits per heavy atom. The monoisotopic (exact) mass is 369 g/mol. The molecule has 8 heteroatoms. The highest BCUT2D eigenvalue weighted by Gasteiger charge is 2.47. The van der Waals surface area contributed by atoms with E-state index in [-0.39, 0.29) is 29.0 Å². The molecule has 0 spiro atoms. The summed E-state index contributed by atoms with van der Waals surface area (Å²) in [6.45, 7) is 3.00. The highest BCUT2D eigenvalue weighted by Crippen LogP contribution is 2.40. The summed E-state index contributed by atoms with van der Waals surface area (Å²) in [7, 11) is -1.78. The largest absolute Gasteiger partial charge is 0.452 e. The summed E-state index contributed by atoms with van der Waals surface area (Å²) < 4.78 is 31.9. The molecule has 7 nitrogen and oxygen atoms in total. The van der Waals surface area contributed by atoms with Gasteiger partial charge < -0.3 is 15.1 Å². The third-order valence-electron chi connectivity index (χ3n) is 5.48. The molecule has 1 saturated carbocycles. The molecule has 25 heavy (non-hydrogen) atoms. The average Bonchev–Trinajstić information content (AvgIpc) is 3.30. The van der Waals surface area contributed by atoms with E-state index >= 15 is 0 Å². The van der Waals surface area contributed by atoms with Crippen LogP contribution in [0.15, 0.2) is 27.9 Å². The SMILES string of the molecule is CCC[C@H](NC)C(=O)N[C@H]1CC[C@@H]2CN(S(=O)(=O)c3ccco3)C[C@@H]21. The van der Waals surface area contributed by atoms with E-state index in [1.165, 1.54) is 16.6 Å². The molecule has 1 aromatic rings. The topological polar surface area (TPSA) is 91.7 Å². The molecule has 4 atom stereocenters. The van der Waals surface area contributed by atoms with Crippen molar-refractivity contribution in [2.75, 3.05) is 20.1 Å². The number of hydrogen-bond donors (Lipinski definition) is 2. The number of amides is 1. The predicted octanol–water partition coefficient (Wildman–Crippen LogP) is 1.18. The molecule has 1 aliphatic carbocycles. The smallest absolute Gasteiger partial charge is 0.276 e. The normalized spacial score (nSPS) is 28.0. The number of likely N-dealkylation sites (N-methyl/N-ethyl adjacent to an activating group) is 1. The molecule has 0 bridgehead atoms. The van der Waals surface area contributed by atoms with Gasteiger partial charge in [-0.3, -0.25) is 4.79 Å². The second-order valence-electron chi connectivity index (χ2n) is 7.00. The van der Waals surface area contributed by atoms with Gasteiger partial charge in [0.1, 0.15) is 0 Å². The summed E-state index contributed by atoms with van der Waals surface area (Å²) in [5, 5.41) is 6.20. The van der Waals surface area contributed by atoms with Crippen LogP contribution in [0.3, 0.4) is 0 Å². The number of rotatable bonds is 7. The highest BCUT2D eigenvalue weighted by molar-refractivity contribution is 7.89. The van der Waals surface area contributed by atoms with E-state index < -0.39 is 10.0 Å². The van der Waals surface area contributed by atoms with Crippen molar-refractivity contribution in [1.29, 1.82) is 0 Å². The molecule has 0 radical (unpaired) electrons. The lowest BCUT2D eigenvalue weighted by Gasteiger charge is -2.24. The van der Waals surface area contributed by atoms with E-state index in [4.69, 9.17) is 4.42 Å². The van der Waals surface area contributed by atoms with Crippen LogP contribution in [0.25, 0.3) is 0 Å². The summed E-state index contributed by atoms with van der Waals surface area (Å²) in [6.07, 6.45) is 4.96. The number of sulfonamides is 1.